The van der Waals surface area contributed by atoms with E-state index >= 15 is 0 Å². The quantitative estimate of drug-likeness (QED) is 0.355. The summed E-state index contributed by atoms with van der Waals surface area (Å²) in [5, 5.41) is 28.4. The van der Waals surface area contributed by atoms with Gasteiger partial charge in [0.25, 0.3) is 11.8 Å². The summed E-state index contributed by atoms with van der Waals surface area (Å²) in [5.41, 5.74) is 4.17. The van der Waals surface area contributed by atoms with Gasteiger partial charge in [-0.2, -0.15) is 5.26 Å². The van der Waals surface area contributed by atoms with E-state index in [1.165, 1.54) is 0 Å². The van der Waals surface area contributed by atoms with Crippen molar-refractivity contribution in [1.29, 1.82) is 5.26 Å². The lowest BCUT2D eigenvalue weighted by molar-refractivity contribution is -0.132. The molecule has 3 aromatic rings. The molecule has 0 radical (unpaired) electrons. The van der Waals surface area contributed by atoms with Gasteiger partial charge in [0.2, 0.25) is 5.91 Å². The molecule has 0 aliphatic heterocycles. The van der Waals surface area contributed by atoms with Crippen molar-refractivity contribution in [3.8, 4) is 6.07 Å². The summed E-state index contributed by atoms with van der Waals surface area (Å²) in [7, 11) is 6.92. The number of tetrazole rings is 1. The molecule has 5 rings (SSSR count). The minimum atomic E-state index is -0.893. The Hall–Kier alpha value is -4.63. The van der Waals surface area contributed by atoms with Crippen LogP contribution in [0.4, 0.5) is 0 Å². The van der Waals surface area contributed by atoms with Crippen LogP contribution in [-0.2, 0) is 23.1 Å². The van der Waals surface area contributed by atoms with Crippen molar-refractivity contribution < 1.29 is 14.4 Å². The molecule has 1 saturated carbocycles. The van der Waals surface area contributed by atoms with E-state index in [1.807, 2.05) is 43.3 Å². The van der Waals surface area contributed by atoms with Crippen LogP contribution in [0, 0.1) is 11.3 Å². The highest BCUT2D eigenvalue weighted by Crippen LogP contribution is 2.47. The zero-order valence-corrected chi connectivity index (χ0v) is 26.8. The van der Waals surface area contributed by atoms with Crippen LogP contribution in [0.2, 0.25) is 0 Å². The summed E-state index contributed by atoms with van der Waals surface area (Å²) in [6.45, 7) is 3.86. The predicted octanol–water partition coefficient (Wildman–Crippen LogP) is 2.31. The molecule has 1 fully saturated rings. The number of fused-ring (bicyclic) bond motifs is 2. The second-order valence-electron chi connectivity index (χ2n) is 12.6. The van der Waals surface area contributed by atoms with Gasteiger partial charge in [0, 0.05) is 51.4 Å². The largest absolute Gasteiger partial charge is 0.345 e. The van der Waals surface area contributed by atoms with Crippen molar-refractivity contribution in [2.24, 2.45) is 0 Å². The average Bonchev–Trinajstić information content (AvgIpc) is 3.73. The summed E-state index contributed by atoms with van der Waals surface area (Å²) in [4.78, 5) is 44.1. The highest BCUT2D eigenvalue weighted by Gasteiger charge is 2.45. The van der Waals surface area contributed by atoms with E-state index in [-0.39, 0.29) is 36.3 Å². The van der Waals surface area contributed by atoms with E-state index in [1.54, 1.807) is 49.8 Å². The van der Waals surface area contributed by atoms with Crippen molar-refractivity contribution in [3.63, 3.8) is 0 Å². The maximum atomic E-state index is 13.3. The number of nitriles is 1. The van der Waals surface area contributed by atoms with Gasteiger partial charge in [0.1, 0.15) is 6.04 Å². The van der Waals surface area contributed by atoms with Gasteiger partial charge in [-0.15, -0.1) is 5.10 Å². The zero-order chi connectivity index (χ0) is 32.5. The first-order valence-electron chi connectivity index (χ1n) is 15.4. The number of carbonyl (C=O) groups excluding carboxylic acids is 3. The molecular formula is C33H41N9O3. The normalized spacial score (nSPS) is 16.3. The van der Waals surface area contributed by atoms with E-state index in [2.05, 4.69) is 32.0 Å². The Balaban J connectivity index is 1.60. The lowest BCUT2D eigenvalue weighted by Gasteiger charge is -2.37. The molecule has 1 aromatic heterocycles. The number of amides is 3. The molecule has 2 N–H and O–H groups in total. The molecule has 2 atom stereocenters. The number of H-pyrrole nitrogens is 1. The summed E-state index contributed by atoms with van der Waals surface area (Å²) >= 11 is 0. The Morgan fingerprint density at radius 2 is 1.53 bits per heavy atom. The van der Waals surface area contributed by atoms with Crippen molar-refractivity contribution in [1.82, 2.24) is 40.6 Å². The van der Waals surface area contributed by atoms with Crippen LogP contribution in [0.1, 0.15) is 81.9 Å². The Morgan fingerprint density at radius 1 is 0.978 bits per heavy atom. The number of rotatable bonds is 10. The smallest absolute Gasteiger partial charge is 0.253 e. The van der Waals surface area contributed by atoms with Crippen LogP contribution in [0.3, 0.4) is 0 Å². The third-order valence-electron chi connectivity index (χ3n) is 8.90. The second kappa shape index (κ2) is 12.8. The van der Waals surface area contributed by atoms with Crippen LogP contribution < -0.4 is 5.32 Å². The third-order valence-corrected chi connectivity index (χ3v) is 8.90. The van der Waals surface area contributed by atoms with Crippen molar-refractivity contribution in [2.75, 3.05) is 34.7 Å². The van der Waals surface area contributed by atoms with Crippen LogP contribution >= 0.6 is 0 Å². The van der Waals surface area contributed by atoms with E-state index in [0.717, 1.165) is 35.1 Å². The summed E-state index contributed by atoms with van der Waals surface area (Å²) in [5.74, 6) is 0.244. The monoisotopic (exact) mass is 611 g/mol. The SMILES string of the molecule is CC(C#N)N(C(=O)CN[C@H](C)CC1(c2nnn[nH]2)c2ccc(C(=O)N(C)C)cc2CCc2cc(C(=O)N(C)C)ccc21)C1CC1. The van der Waals surface area contributed by atoms with Crippen LogP contribution in [0.5, 0.6) is 0 Å². The lowest BCUT2D eigenvalue weighted by Crippen LogP contribution is -2.47. The molecule has 0 bridgehead atoms. The van der Waals surface area contributed by atoms with Gasteiger partial charge in [-0.3, -0.25) is 14.4 Å². The molecule has 0 spiro atoms. The minimum Gasteiger partial charge on any atom is -0.345 e. The van der Waals surface area contributed by atoms with Gasteiger partial charge in [0.15, 0.2) is 5.82 Å². The standard InChI is InChI=1S/C33H41N9O3/c1-20(35-19-29(43)42(21(2)18-34)26-11-12-26)17-33(32-36-38-39-37-32)27-13-9-24(30(44)40(3)4)15-22(27)7-8-23-16-25(10-14-28(23)33)31(45)41(5)6/h9-10,13-16,20-21,26,35H,7-8,11-12,17,19H2,1-6H3,(H,36,37,38,39)/t20-,21?/m1/s1. The number of hydrogen-bond donors (Lipinski definition) is 2. The molecule has 45 heavy (non-hydrogen) atoms. The number of aryl methyl sites for hydroxylation is 2. The van der Waals surface area contributed by atoms with E-state index in [0.29, 0.717) is 36.2 Å². The Labute approximate surface area is 263 Å². The number of benzene rings is 2. The fourth-order valence-corrected chi connectivity index (χ4v) is 6.58. The molecule has 1 heterocycles. The molecule has 236 valence electrons. The van der Waals surface area contributed by atoms with Crippen molar-refractivity contribution in [3.05, 3.63) is 75.6 Å². The molecule has 1 unspecified atom stereocenters. The van der Waals surface area contributed by atoms with Crippen LogP contribution in [0.25, 0.3) is 0 Å². The third kappa shape index (κ3) is 6.17. The molecule has 12 heteroatoms. The van der Waals surface area contributed by atoms with Gasteiger partial charge in [-0.05, 0) is 103 Å². The fraction of sp³-hybridized carbons (Fsp3) is 0.485. The lowest BCUT2D eigenvalue weighted by atomic mass is 9.67. The molecule has 2 aliphatic rings. The topological polar surface area (TPSA) is 151 Å². The Bertz CT molecular complexity index is 1550. The summed E-state index contributed by atoms with van der Waals surface area (Å²) < 4.78 is 0. The first kappa shape index (κ1) is 31.8. The molecule has 0 saturated heterocycles. The molecule has 2 aromatic carbocycles. The van der Waals surface area contributed by atoms with Gasteiger partial charge in [-0.1, -0.05) is 12.1 Å². The maximum absolute atomic E-state index is 13.3. The van der Waals surface area contributed by atoms with Crippen molar-refractivity contribution in [2.45, 2.75) is 69.5 Å². The van der Waals surface area contributed by atoms with Gasteiger partial charge in [0.05, 0.1) is 18.0 Å². The molecule has 3 amide bonds. The molecule has 2 aliphatic carbocycles. The number of hydrogen-bond acceptors (Lipinski definition) is 8. The second-order valence-corrected chi connectivity index (χ2v) is 12.6. The number of nitrogens with zero attached hydrogens (tertiary/aromatic N) is 7. The number of carbonyl (C=O) groups is 3. The van der Waals surface area contributed by atoms with Crippen LogP contribution in [-0.4, -0.2) is 106 Å². The number of aromatic amines is 1. The van der Waals surface area contributed by atoms with Gasteiger partial charge in [-0.25, -0.2) is 5.10 Å². The number of nitrogens with one attached hydrogen (secondary N) is 2. The molecule has 12 nitrogen and oxygen atoms in total. The Morgan fingerprint density at radius 3 is 1.98 bits per heavy atom. The highest BCUT2D eigenvalue weighted by atomic mass is 16.2. The van der Waals surface area contributed by atoms with E-state index in [4.69, 9.17) is 0 Å². The maximum Gasteiger partial charge on any atom is 0.253 e. The average molecular weight is 612 g/mol. The van der Waals surface area contributed by atoms with Crippen molar-refractivity contribution >= 4 is 17.7 Å². The predicted molar refractivity (Wildman–Crippen MR) is 167 cm³/mol. The first-order valence-corrected chi connectivity index (χ1v) is 15.4. The summed E-state index contributed by atoms with van der Waals surface area (Å²) in [6, 6.07) is 13.2. The van der Waals surface area contributed by atoms with E-state index in [9.17, 15) is 19.6 Å². The minimum absolute atomic E-state index is 0.0840. The van der Waals surface area contributed by atoms with Gasteiger partial charge < -0.3 is 20.0 Å². The number of aromatic nitrogens is 4. The van der Waals surface area contributed by atoms with E-state index < -0.39 is 11.5 Å². The molecular weight excluding hydrogens is 570 g/mol. The highest BCUT2D eigenvalue weighted by molar-refractivity contribution is 5.95. The summed E-state index contributed by atoms with van der Waals surface area (Å²) in [6.07, 6.45) is 3.58. The zero-order valence-electron chi connectivity index (χ0n) is 26.8. The first-order chi connectivity index (χ1) is 21.5. The van der Waals surface area contributed by atoms with Gasteiger partial charge >= 0.3 is 0 Å². The van der Waals surface area contributed by atoms with Crippen LogP contribution in [0.15, 0.2) is 36.4 Å². The fourth-order valence-electron chi connectivity index (χ4n) is 6.58. The Kier molecular flexibility index (Phi) is 9.02.